The second-order valence-electron chi connectivity index (χ2n) is 5.48. The van der Waals surface area contributed by atoms with Crippen LogP contribution < -0.4 is 5.32 Å². The van der Waals surface area contributed by atoms with Crippen molar-refractivity contribution in [3.63, 3.8) is 0 Å². The minimum absolute atomic E-state index is 0.406. The molecule has 1 aromatic heterocycles. The summed E-state index contributed by atoms with van der Waals surface area (Å²) in [6, 6.07) is 2.37. The van der Waals surface area contributed by atoms with Crippen LogP contribution in [-0.4, -0.2) is 32.4 Å². The smallest absolute Gasteiger partial charge is 0.323 e. The van der Waals surface area contributed by atoms with Gasteiger partial charge in [-0.05, 0) is 45.1 Å². The van der Waals surface area contributed by atoms with Gasteiger partial charge in [0.25, 0.3) is 0 Å². The number of aromatic nitrogens is 2. The molecule has 0 radical (unpaired) electrons. The molecule has 5 heteroatoms. The highest BCUT2D eigenvalue weighted by Crippen LogP contribution is 2.27. The van der Waals surface area contributed by atoms with Crippen LogP contribution in [0.1, 0.15) is 44.7 Å². The van der Waals surface area contributed by atoms with Crippen molar-refractivity contribution in [3.05, 3.63) is 18.0 Å². The summed E-state index contributed by atoms with van der Waals surface area (Å²) >= 11 is 0. The number of nitrogens with zero attached hydrogens (tertiary/aromatic N) is 2. The Balaban J connectivity index is 1.90. The fraction of sp³-hybridized carbons (Fsp3) is 0.714. The van der Waals surface area contributed by atoms with Crippen LogP contribution in [-0.2, 0) is 11.3 Å². The predicted molar refractivity (Wildman–Crippen MR) is 73.0 cm³/mol. The molecule has 106 valence electrons. The second-order valence-corrected chi connectivity index (χ2v) is 5.48. The van der Waals surface area contributed by atoms with Crippen LogP contribution in [0.4, 0.5) is 0 Å². The van der Waals surface area contributed by atoms with Crippen molar-refractivity contribution >= 4 is 5.97 Å². The summed E-state index contributed by atoms with van der Waals surface area (Å²) in [4.78, 5) is 11.6. The van der Waals surface area contributed by atoms with Crippen LogP contribution in [0, 0.1) is 6.92 Å². The van der Waals surface area contributed by atoms with E-state index in [-0.39, 0.29) is 0 Å². The first-order chi connectivity index (χ1) is 9.05. The molecule has 1 heterocycles. The summed E-state index contributed by atoms with van der Waals surface area (Å²) in [5.74, 6) is -0.724. The first-order valence-electron chi connectivity index (χ1n) is 7.07. The number of carbonyl (C=O) groups is 1. The molecule has 1 saturated carbocycles. The van der Waals surface area contributed by atoms with Crippen LogP contribution in [0.25, 0.3) is 0 Å². The summed E-state index contributed by atoms with van der Waals surface area (Å²) in [5.41, 5.74) is 0.236. The zero-order valence-corrected chi connectivity index (χ0v) is 11.7. The van der Waals surface area contributed by atoms with Crippen LogP contribution in [0.5, 0.6) is 0 Å². The number of aliphatic carboxylic acids is 1. The molecule has 2 rings (SSSR count). The maximum absolute atomic E-state index is 11.6. The highest BCUT2D eigenvalue weighted by atomic mass is 16.4. The van der Waals surface area contributed by atoms with Gasteiger partial charge in [0, 0.05) is 18.8 Å². The second kappa shape index (κ2) is 5.74. The molecule has 1 fully saturated rings. The summed E-state index contributed by atoms with van der Waals surface area (Å²) in [5, 5.41) is 17.2. The molecule has 19 heavy (non-hydrogen) atoms. The molecule has 0 aliphatic heterocycles. The van der Waals surface area contributed by atoms with Gasteiger partial charge in [-0.25, -0.2) is 0 Å². The van der Waals surface area contributed by atoms with Crippen LogP contribution in [0.2, 0.25) is 0 Å². The lowest BCUT2D eigenvalue weighted by molar-refractivity contribution is -0.145. The summed E-state index contributed by atoms with van der Waals surface area (Å²) in [6.45, 7) is 4.68. The number of nitrogens with one attached hydrogen (secondary N) is 1. The molecule has 1 aliphatic rings. The molecule has 0 aromatic carbocycles. The topological polar surface area (TPSA) is 67.2 Å². The van der Waals surface area contributed by atoms with Crippen LogP contribution >= 0.6 is 0 Å². The molecular formula is C14H23N3O2. The lowest BCUT2D eigenvalue weighted by Gasteiger charge is -2.29. The standard InChI is InChI=1S/C14H23N3O2/c1-3-14(13(18)19,15-12-5-6-12)8-4-9-17-10-7-11(2)16-17/h7,10,12,15H,3-6,8-9H2,1-2H3,(H,18,19). The van der Waals surface area contributed by atoms with Crippen molar-refractivity contribution in [2.75, 3.05) is 0 Å². The van der Waals surface area contributed by atoms with E-state index in [0.717, 1.165) is 31.5 Å². The Morgan fingerprint density at radius 2 is 2.37 bits per heavy atom. The SMILES string of the molecule is CCC(CCCn1ccc(C)n1)(NC1CC1)C(=O)O. The molecule has 1 unspecified atom stereocenters. The van der Waals surface area contributed by atoms with Gasteiger partial charge in [-0.2, -0.15) is 5.10 Å². The Labute approximate surface area is 114 Å². The largest absolute Gasteiger partial charge is 0.480 e. The van der Waals surface area contributed by atoms with Gasteiger partial charge < -0.3 is 5.11 Å². The number of rotatable bonds is 8. The average molecular weight is 265 g/mol. The summed E-state index contributed by atoms with van der Waals surface area (Å²) in [7, 11) is 0. The van der Waals surface area contributed by atoms with E-state index in [1.165, 1.54) is 0 Å². The van der Waals surface area contributed by atoms with E-state index < -0.39 is 11.5 Å². The average Bonchev–Trinajstić information content (AvgIpc) is 3.09. The summed E-state index contributed by atoms with van der Waals surface area (Å²) < 4.78 is 1.88. The third-order valence-electron chi connectivity index (χ3n) is 3.84. The molecule has 0 saturated heterocycles. The van der Waals surface area contributed by atoms with Crippen molar-refractivity contribution in [1.29, 1.82) is 0 Å². The van der Waals surface area contributed by atoms with Crippen molar-refractivity contribution in [2.24, 2.45) is 0 Å². The van der Waals surface area contributed by atoms with Gasteiger partial charge >= 0.3 is 5.97 Å². The molecule has 2 N–H and O–H groups in total. The van der Waals surface area contributed by atoms with Crippen molar-refractivity contribution in [2.45, 2.75) is 64.1 Å². The van der Waals surface area contributed by atoms with E-state index in [1.807, 2.05) is 30.8 Å². The maximum atomic E-state index is 11.6. The number of hydrogen-bond acceptors (Lipinski definition) is 3. The van der Waals surface area contributed by atoms with Crippen LogP contribution in [0.15, 0.2) is 12.3 Å². The Hall–Kier alpha value is -1.36. The van der Waals surface area contributed by atoms with Gasteiger partial charge in [0.15, 0.2) is 0 Å². The molecule has 0 amide bonds. The van der Waals surface area contributed by atoms with Gasteiger partial charge in [0.05, 0.1) is 5.69 Å². The molecule has 1 atom stereocenters. The van der Waals surface area contributed by atoms with Gasteiger partial charge in [-0.15, -0.1) is 0 Å². The third kappa shape index (κ3) is 3.56. The Kier molecular flexibility index (Phi) is 4.24. The third-order valence-corrected chi connectivity index (χ3v) is 3.84. The maximum Gasteiger partial charge on any atom is 0.323 e. The van der Waals surface area contributed by atoms with Crippen molar-refractivity contribution < 1.29 is 9.90 Å². The molecule has 0 spiro atoms. The van der Waals surface area contributed by atoms with E-state index in [4.69, 9.17) is 0 Å². The molecule has 5 nitrogen and oxygen atoms in total. The molecule has 1 aliphatic carbocycles. The van der Waals surface area contributed by atoms with Crippen molar-refractivity contribution in [1.82, 2.24) is 15.1 Å². The van der Waals surface area contributed by atoms with E-state index in [2.05, 4.69) is 10.4 Å². The van der Waals surface area contributed by atoms with Gasteiger partial charge in [0.1, 0.15) is 5.54 Å². The lowest BCUT2D eigenvalue weighted by Crippen LogP contribution is -2.52. The lowest BCUT2D eigenvalue weighted by atomic mass is 9.90. The van der Waals surface area contributed by atoms with Crippen LogP contribution in [0.3, 0.4) is 0 Å². The minimum atomic E-state index is -0.761. The normalized spacial score (nSPS) is 18.2. The zero-order valence-electron chi connectivity index (χ0n) is 11.7. The number of hydrogen-bond donors (Lipinski definition) is 2. The zero-order chi connectivity index (χ0) is 13.9. The predicted octanol–water partition coefficient (Wildman–Crippen LogP) is 1.96. The van der Waals surface area contributed by atoms with E-state index in [9.17, 15) is 9.90 Å². The Bertz CT molecular complexity index is 440. The molecular weight excluding hydrogens is 242 g/mol. The fourth-order valence-electron chi connectivity index (χ4n) is 2.42. The number of carboxylic acid groups (broad SMARTS) is 1. The quantitative estimate of drug-likeness (QED) is 0.754. The fourth-order valence-corrected chi connectivity index (χ4v) is 2.42. The van der Waals surface area contributed by atoms with Gasteiger partial charge in [-0.1, -0.05) is 6.92 Å². The van der Waals surface area contributed by atoms with E-state index >= 15 is 0 Å². The highest BCUT2D eigenvalue weighted by Gasteiger charge is 2.40. The highest BCUT2D eigenvalue weighted by molar-refractivity contribution is 5.78. The Morgan fingerprint density at radius 1 is 1.63 bits per heavy atom. The molecule has 1 aromatic rings. The van der Waals surface area contributed by atoms with Gasteiger partial charge in [-0.3, -0.25) is 14.8 Å². The summed E-state index contributed by atoms with van der Waals surface area (Å²) in [6.07, 6.45) is 6.24. The molecule has 0 bridgehead atoms. The van der Waals surface area contributed by atoms with E-state index in [0.29, 0.717) is 18.9 Å². The first-order valence-corrected chi connectivity index (χ1v) is 7.07. The van der Waals surface area contributed by atoms with Gasteiger partial charge in [0.2, 0.25) is 0 Å². The minimum Gasteiger partial charge on any atom is -0.480 e. The number of aryl methyl sites for hydroxylation is 2. The first kappa shape index (κ1) is 14.1. The van der Waals surface area contributed by atoms with Crippen molar-refractivity contribution in [3.8, 4) is 0 Å². The number of carboxylic acids is 1. The Morgan fingerprint density at radius 3 is 2.84 bits per heavy atom. The van der Waals surface area contributed by atoms with E-state index in [1.54, 1.807) is 0 Å². The monoisotopic (exact) mass is 265 g/mol.